The first-order valence-corrected chi connectivity index (χ1v) is 9.64. The second-order valence-corrected chi connectivity index (χ2v) is 7.47. The predicted octanol–water partition coefficient (Wildman–Crippen LogP) is 3.22. The maximum atomic E-state index is 12.5. The largest absolute Gasteiger partial charge is 0.491 e. The van der Waals surface area contributed by atoms with Crippen molar-refractivity contribution in [2.24, 2.45) is 11.7 Å². The normalized spacial score (nSPS) is 22.7. The fraction of sp³-hybridized carbons (Fsp3) is 0.632. The van der Waals surface area contributed by atoms with Crippen LogP contribution in [0.25, 0.3) is 0 Å². The van der Waals surface area contributed by atoms with Gasteiger partial charge in [-0.25, -0.2) is 0 Å². The number of carbonyl (C=O) groups excluding carboxylic acids is 1. The molecule has 3 rings (SSSR count). The lowest BCUT2D eigenvalue weighted by atomic mass is 9.99. The smallest absolute Gasteiger partial charge is 0.222 e. The van der Waals surface area contributed by atoms with Crippen LogP contribution in [0, 0.1) is 5.92 Å². The van der Waals surface area contributed by atoms with E-state index in [9.17, 15) is 4.79 Å². The van der Waals surface area contributed by atoms with E-state index in [1.54, 1.807) is 0 Å². The minimum absolute atomic E-state index is 0. The van der Waals surface area contributed by atoms with Crippen LogP contribution in [0.15, 0.2) is 24.3 Å². The Hall–Kier alpha value is -0.720. The number of ether oxygens (including phenoxy) is 1. The molecule has 0 radical (unpaired) electrons. The summed E-state index contributed by atoms with van der Waals surface area (Å²) in [6.07, 6.45) is 3.96. The number of hydrogen-bond acceptors (Lipinski definition) is 4. The monoisotopic (exact) mass is 437 g/mol. The van der Waals surface area contributed by atoms with Gasteiger partial charge in [-0.05, 0) is 30.9 Å². The Morgan fingerprint density at radius 1 is 1.15 bits per heavy atom. The molecule has 2 atom stereocenters. The quantitative estimate of drug-likeness (QED) is 0.741. The summed E-state index contributed by atoms with van der Waals surface area (Å²) in [7, 11) is 0. The number of rotatable bonds is 6. The SMILES string of the molecule is Cl.Cl.N[C@@H]1CCC[C@H]1CC(=O)N1CCN(CCOc2ccccc2Cl)CC1. The van der Waals surface area contributed by atoms with Gasteiger partial charge >= 0.3 is 0 Å². The van der Waals surface area contributed by atoms with Crippen LogP contribution in [0.3, 0.4) is 0 Å². The molecule has 0 unspecified atom stereocenters. The summed E-state index contributed by atoms with van der Waals surface area (Å²) >= 11 is 6.09. The van der Waals surface area contributed by atoms with E-state index in [2.05, 4.69) is 4.90 Å². The van der Waals surface area contributed by atoms with Crippen molar-refractivity contribution in [3.8, 4) is 5.75 Å². The number of benzene rings is 1. The number of nitrogens with zero attached hydrogens (tertiary/aromatic N) is 2. The zero-order valence-corrected chi connectivity index (χ0v) is 17.9. The van der Waals surface area contributed by atoms with Crippen LogP contribution in [0.5, 0.6) is 5.75 Å². The summed E-state index contributed by atoms with van der Waals surface area (Å²) in [6.45, 7) is 4.85. The maximum Gasteiger partial charge on any atom is 0.222 e. The van der Waals surface area contributed by atoms with Gasteiger partial charge in [-0.2, -0.15) is 0 Å². The summed E-state index contributed by atoms with van der Waals surface area (Å²) in [5, 5.41) is 0.642. The highest BCUT2D eigenvalue weighted by Crippen LogP contribution is 2.27. The molecule has 1 saturated heterocycles. The number of halogens is 3. The van der Waals surface area contributed by atoms with Crippen molar-refractivity contribution in [1.29, 1.82) is 0 Å². The molecule has 1 heterocycles. The Morgan fingerprint density at radius 2 is 1.85 bits per heavy atom. The molecular formula is C19H30Cl3N3O2. The number of amides is 1. The fourth-order valence-electron chi connectivity index (χ4n) is 3.74. The van der Waals surface area contributed by atoms with Gasteiger partial charge in [-0.3, -0.25) is 9.69 Å². The van der Waals surface area contributed by atoms with E-state index in [0.717, 1.165) is 51.3 Å². The number of para-hydroxylation sites is 1. The second kappa shape index (κ2) is 12.0. The summed E-state index contributed by atoms with van der Waals surface area (Å²) in [4.78, 5) is 16.8. The van der Waals surface area contributed by atoms with Crippen molar-refractivity contribution < 1.29 is 9.53 Å². The van der Waals surface area contributed by atoms with Crippen molar-refractivity contribution in [2.45, 2.75) is 31.7 Å². The third-order valence-corrected chi connectivity index (χ3v) is 5.69. The Labute approximate surface area is 179 Å². The number of nitrogens with two attached hydrogens (primary N) is 1. The average molecular weight is 439 g/mol. The Balaban J connectivity index is 0.00000182. The van der Waals surface area contributed by atoms with Crippen molar-refractivity contribution >= 4 is 42.3 Å². The van der Waals surface area contributed by atoms with Crippen LogP contribution in [-0.4, -0.2) is 61.1 Å². The third kappa shape index (κ3) is 6.99. The van der Waals surface area contributed by atoms with Gasteiger partial charge in [0.2, 0.25) is 5.91 Å². The van der Waals surface area contributed by atoms with Gasteiger partial charge in [0.05, 0.1) is 5.02 Å². The van der Waals surface area contributed by atoms with E-state index < -0.39 is 0 Å². The molecule has 1 aliphatic heterocycles. The first-order chi connectivity index (χ1) is 12.1. The molecule has 1 aromatic rings. The molecule has 1 saturated carbocycles. The van der Waals surface area contributed by atoms with Crippen LogP contribution >= 0.6 is 36.4 Å². The molecule has 2 fully saturated rings. The molecule has 1 aromatic carbocycles. The summed E-state index contributed by atoms with van der Waals surface area (Å²) in [6, 6.07) is 7.74. The highest BCUT2D eigenvalue weighted by Gasteiger charge is 2.29. The Bertz CT molecular complexity index is 583. The summed E-state index contributed by atoms with van der Waals surface area (Å²) in [5.41, 5.74) is 6.09. The van der Waals surface area contributed by atoms with E-state index in [-0.39, 0.29) is 36.8 Å². The first-order valence-electron chi connectivity index (χ1n) is 9.26. The molecule has 0 bridgehead atoms. The lowest BCUT2D eigenvalue weighted by Gasteiger charge is -2.35. The number of hydrogen-bond donors (Lipinski definition) is 1. The van der Waals surface area contributed by atoms with E-state index >= 15 is 0 Å². The Morgan fingerprint density at radius 3 is 2.48 bits per heavy atom. The fourth-order valence-corrected chi connectivity index (χ4v) is 3.93. The molecule has 1 aliphatic carbocycles. The lowest BCUT2D eigenvalue weighted by Crippen LogP contribution is -2.50. The van der Waals surface area contributed by atoms with E-state index in [1.165, 1.54) is 6.42 Å². The third-order valence-electron chi connectivity index (χ3n) is 5.38. The van der Waals surface area contributed by atoms with Crippen molar-refractivity contribution in [2.75, 3.05) is 39.3 Å². The minimum Gasteiger partial charge on any atom is -0.491 e. The van der Waals surface area contributed by atoms with Crippen LogP contribution < -0.4 is 10.5 Å². The molecule has 154 valence electrons. The van der Waals surface area contributed by atoms with E-state index in [1.807, 2.05) is 29.2 Å². The highest BCUT2D eigenvalue weighted by atomic mass is 35.5. The van der Waals surface area contributed by atoms with Crippen molar-refractivity contribution in [3.63, 3.8) is 0 Å². The van der Waals surface area contributed by atoms with Gasteiger partial charge in [0.1, 0.15) is 12.4 Å². The van der Waals surface area contributed by atoms with Crippen LogP contribution in [0.2, 0.25) is 5.02 Å². The van der Waals surface area contributed by atoms with Crippen LogP contribution in [0.4, 0.5) is 0 Å². The first kappa shape index (κ1) is 24.3. The van der Waals surface area contributed by atoms with Gasteiger partial charge in [0.25, 0.3) is 0 Å². The molecule has 0 aromatic heterocycles. The molecule has 0 spiro atoms. The van der Waals surface area contributed by atoms with Gasteiger partial charge in [0, 0.05) is 45.2 Å². The molecule has 2 N–H and O–H groups in total. The average Bonchev–Trinajstić information content (AvgIpc) is 3.02. The molecule has 1 amide bonds. The van der Waals surface area contributed by atoms with Gasteiger partial charge < -0.3 is 15.4 Å². The summed E-state index contributed by atoms with van der Waals surface area (Å²) < 4.78 is 5.75. The predicted molar refractivity (Wildman–Crippen MR) is 114 cm³/mol. The van der Waals surface area contributed by atoms with Crippen LogP contribution in [-0.2, 0) is 4.79 Å². The molecule has 5 nitrogen and oxygen atoms in total. The molecule has 27 heavy (non-hydrogen) atoms. The standard InChI is InChI=1S/C19H28ClN3O2.2ClH/c20-16-5-1-2-7-18(16)25-13-12-22-8-10-23(11-9-22)19(24)14-15-4-3-6-17(15)21;;/h1-2,5,7,15,17H,3-4,6,8-14,21H2;2*1H/t15-,17+;;/m0../s1. The van der Waals surface area contributed by atoms with E-state index in [0.29, 0.717) is 24.0 Å². The number of carbonyl (C=O) groups is 1. The molecule has 8 heteroatoms. The zero-order chi connectivity index (χ0) is 17.6. The zero-order valence-electron chi connectivity index (χ0n) is 15.5. The number of piperazine rings is 1. The lowest BCUT2D eigenvalue weighted by molar-refractivity contribution is -0.134. The molecular weight excluding hydrogens is 409 g/mol. The highest BCUT2D eigenvalue weighted by molar-refractivity contribution is 6.32. The van der Waals surface area contributed by atoms with E-state index in [4.69, 9.17) is 22.1 Å². The minimum atomic E-state index is 0. The van der Waals surface area contributed by atoms with Crippen molar-refractivity contribution in [3.05, 3.63) is 29.3 Å². The van der Waals surface area contributed by atoms with Crippen LogP contribution in [0.1, 0.15) is 25.7 Å². The molecule has 2 aliphatic rings. The van der Waals surface area contributed by atoms with Gasteiger partial charge in [-0.15, -0.1) is 24.8 Å². The van der Waals surface area contributed by atoms with Gasteiger partial charge in [0.15, 0.2) is 0 Å². The Kier molecular flexibility index (Phi) is 10.8. The maximum absolute atomic E-state index is 12.5. The summed E-state index contributed by atoms with van der Waals surface area (Å²) in [5.74, 6) is 1.38. The van der Waals surface area contributed by atoms with Crippen molar-refractivity contribution in [1.82, 2.24) is 9.80 Å². The second-order valence-electron chi connectivity index (χ2n) is 7.06. The topological polar surface area (TPSA) is 58.8 Å². The van der Waals surface area contributed by atoms with Gasteiger partial charge in [-0.1, -0.05) is 30.2 Å².